The van der Waals surface area contributed by atoms with Crippen LogP contribution < -0.4 is 20.1 Å². The van der Waals surface area contributed by atoms with Gasteiger partial charge in [-0.1, -0.05) is 54.1 Å². The van der Waals surface area contributed by atoms with Crippen molar-refractivity contribution in [3.05, 3.63) is 95.2 Å². The smallest absolute Gasteiger partial charge is 0.255 e. The van der Waals surface area contributed by atoms with Crippen molar-refractivity contribution in [3.63, 3.8) is 0 Å². The van der Waals surface area contributed by atoms with Crippen LogP contribution in [0.5, 0.6) is 11.5 Å². The molecule has 37 heavy (non-hydrogen) atoms. The van der Waals surface area contributed by atoms with Gasteiger partial charge in [-0.15, -0.1) is 5.10 Å². The molecular weight excluding hydrogens is 466 g/mol. The highest BCUT2D eigenvalue weighted by Gasteiger charge is 2.35. The van der Waals surface area contributed by atoms with Crippen molar-refractivity contribution in [2.75, 3.05) is 23.8 Å². The minimum Gasteiger partial charge on any atom is -0.490 e. The number of nitrogens with zero attached hydrogens (tertiary/aromatic N) is 3. The highest BCUT2D eigenvalue weighted by molar-refractivity contribution is 6.06. The number of aromatic nitrogens is 3. The third kappa shape index (κ3) is 4.42. The Bertz CT molecular complexity index is 1490. The lowest BCUT2D eigenvalue weighted by Gasteiger charge is -2.29. The van der Waals surface area contributed by atoms with E-state index in [4.69, 9.17) is 19.6 Å². The average molecular weight is 494 g/mol. The topological polar surface area (TPSA) is 90.3 Å². The third-order valence-electron chi connectivity index (χ3n) is 6.53. The molecule has 0 saturated heterocycles. The van der Waals surface area contributed by atoms with Crippen LogP contribution in [0, 0.1) is 6.92 Å². The molecule has 3 aromatic carbocycles. The molecule has 2 aliphatic rings. The van der Waals surface area contributed by atoms with Crippen LogP contribution in [0.15, 0.2) is 84.1 Å². The van der Waals surface area contributed by atoms with Crippen molar-refractivity contribution in [3.8, 4) is 22.9 Å². The first kappa shape index (κ1) is 22.8. The molecule has 0 saturated carbocycles. The van der Waals surface area contributed by atoms with Gasteiger partial charge in [0, 0.05) is 23.4 Å². The highest BCUT2D eigenvalue weighted by Crippen LogP contribution is 2.40. The van der Waals surface area contributed by atoms with Crippen molar-refractivity contribution >= 4 is 17.5 Å². The number of anilines is 2. The van der Waals surface area contributed by atoms with Gasteiger partial charge in [0.2, 0.25) is 5.95 Å². The monoisotopic (exact) mass is 493 g/mol. The Balaban J connectivity index is 1.45. The summed E-state index contributed by atoms with van der Waals surface area (Å²) in [5.41, 5.74) is 4.85. The number of carbonyl (C=O) groups is 1. The standard InChI is InChI=1S/C29H27N5O3/c1-18-9-12-22(13-10-18)31-28(35)25-19(2)30-29-32-27(20-7-4-3-5-8-20)33-34(29)26(25)21-11-14-23-24(17-21)37-16-6-15-36-23/h3-5,7-14,17,26H,6,15-16H2,1-2H3,(H,31,35)(H,30,32,33). The fraction of sp³-hybridized carbons (Fsp3) is 0.207. The molecule has 186 valence electrons. The van der Waals surface area contributed by atoms with Gasteiger partial charge in [-0.3, -0.25) is 4.79 Å². The van der Waals surface area contributed by atoms with Gasteiger partial charge in [0.05, 0.1) is 18.8 Å². The highest BCUT2D eigenvalue weighted by atomic mass is 16.5. The predicted molar refractivity (Wildman–Crippen MR) is 142 cm³/mol. The van der Waals surface area contributed by atoms with Gasteiger partial charge in [0.1, 0.15) is 6.04 Å². The molecule has 1 aromatic heterocycles. The number of hydrogen-bond donors (Lipinski definition) is 2. The molecule has 8 heteroatoms. The zero-order valence-corrected chi connectivity index (χ0v) is 20.7. The van der Waals surface area contributed by atoms with Crippen LogP contribution in [0.3, 0.4) is 0 Å². The molecule has 0 fully saturated rings. The maximum atomic E-state index is 13.8. The molecule has 3 heterocycles. The number of allylic oxidation sites excluding steroid dienone is 1. The van der Waals surface area contributed by atoms with E-state index in [-0.39, 0.29) is 5.91 Å². The Hall–Kier alpha value is -4.59. The Kier molecular flexibility index (Phi) is 5.84. The fourth-order valence-corrected chi connectivity index (χ4v) is 4.65. The van der Waals surface area contributed by atoms with Gasteiger partial charge in [0.25, 0.3) is 5.91 Å². The summed E-state index contributed by atoms with van der Waals surface area (Å²) in [6, 6.07) is 22.8. The summed E-state index contributed by atoms with van der Waals surface area (Å²) in [6.45, 7) is 5.09. The number of benzene rings is 3. The van der Waals surface area contributed by atoms with Crippen LogP contribution in [-0.4, -0.2) is 33.9 Å². The Morgan fingerprint density at radius 2 is 1.73 bits per heavy atom. The zero-order valence-electron chi connectivity index (χ0n) is 20.7. The van der Waals surface area contributed by atoms with Crippen LogP contribution in [0.25, 0.3) is 11.4 Å². The maximum Gasteiger partial charge on any atom is 0.255 e. The van der Waals surface area contributed by atoms with Crippen LogP contribution in [0.1, 0.15) is 30.5 Å². The largest absolute Gasteiger partial charge is 0.490 e. The van der Waals surface area contributed by atoms with Gasteiger partial charge in [-0.25, -0.2) is 4.68 Å². The van der Waals surface area contributed by atoms with E-state index >= 15 is 0 Å². The normalized spacial score (nSPS) is 16.4. The van der Waals surface area contributed by atoms with Gasteiger partial charge in [-0.05, 0) is 43.7 Å². The number of hydrogen-bond acceptors (Lipinski definition) is 6. The number of fused-ring (bicyclic) bond motifs is 2. The van der Waals surface area contributed by atoms with Gasteiger partial charge in [-0.2, -0.15) is 4.98 Å². The van der Waals surface area contributed by atoms with Crippen LogP contribution in [0.2, 0.25) is 0 Å². The van der Waals surface area contributed by atoms with E-state index in [2.05, 4.69) is 10.6 Å². The molecule has 4 aromatic rings. The molecule has 2 N–H and O–H groups in total. The molecule has 6 rings (SSSR count). The van der Waals surface area contributed by atoms with Crippen molar-refractivity contribution in [1.82, 2.24) is 14.8 Å². The van der Waals surface area contributed by atoms with E-state index in [1.165, 1.54) is 0 Å². The molecule has 1 unspecified atom stereocenters. The summed E-state index contributed by atoms with van der Waals surface area (Å²) in [6.07, 6.45) is 0.814. The lowest BCUT2D eigenvalue weighted by Crippen LogP contribution is -2.31. The van der Waals surface area contributed by atoms with E-state index in [0.717, 1.165) is 28.8 Å². The second kappa shape index (κ2) is 9.46. The van der Waals surface area contributed by atoms with Gasteiger partial charge in [0.15, 0.2) is 17.3 Å². The fourth-order valence-electron chi connectivity index (χ4n) is 4.65. The van der Waals surface area contributed by atoms with E-state index < -0.39 is 6.04 Å². The second-order valence-corrected chi connectivity index (χ2v) is 9.21. The van der Waals surface area contributed by atoms with Gasteiger partial charge >= 0.3 is 0 Å². The number of carbonyl (C=O) groups excluding carboxylic acids is 1. The third-order valence-corrected chi connectivity index (χ3v) is 6.53. The Labute approximate surface area is 215 Å². The molecule has 0 aliphatic carbocycles. The number of rotatable bonds is 4. The van der Waals surface area contributed by atoms with E-state index in [9.17, 15) is 4.79 Å². The van der Waals surface area contributed by atoms with Crippen molar-refractivity contribution in [2.45, 2.75) is 26.3 Å². The first-order valence-electron chi connectivity index (χ1n) is 12.3. The zero-order chi connectivity index (χ0) is 25.4. The minimum absolute atomic E-state index is 0.214. The summed E-state index contributed by atoms with van der Waals surface area (Å²) < 4.78 is 13.6. The van der Waals surface area contributed by atoms with Crippen molar-refractivity contribution in [1.29, 1.82) is 0 Å². The molecule has 0 radical (unpaired) electrons. The van der Waals surface area contributed by atoms with Crippen molar-refractivity contribution < 1.29 is 14.3 Å². The quantitative estimate of drug-likeness (QED) is 0.399. The molecule has 1 atom stereocenters. The SMILES string of the molecule is CC1=C(C(=O)Nc2ccc(C)cc2)C(c2ccc3c(c2)OCCCO3)n2nc(-c3ccccc3)nc2N1. The molecular formula is C29H27N5O3. The number of ether oxygens (including phenoxy) is 2. The second-order valence-electron chi connectivity index (χ2n) is 9.21. The predicted octanol–water partition coefficient (Wildman–Crippen LogP) is 5.34. The van der Waals surface area contributed by atoms with E-state index in [1.807, 2.05) is 86.6 Å². The van der Waals surface area contributed by atoms with Gasteiger partial charge < -0.3 is 20.1 Å². The lowest BCUT2D eigenvalue weighted by atomic mass is 9.94. The molecule has 1 amide bonds. The molecule has 8 nitrogen and oxygen atoms in total. The lowest BCUT2D eigenvalue weighted by molar-refractivity contribution is -0.113. The van der Waals surface area contributed by atoms with E-state index in [1.54, 1.807) is 4.68 Å². The van der Waals surface area contributed by atoms with Crippen LogP contribution >= 0.6 is 0 Å². The summed E-state index contributed by atoms with van der Waals surface area (Å²) in [4.78, 5) is 18.5. The van der Waals surface area contributed by atoms with Crippen LogP contribution in [-0.2, 0) is 4.79 Å². The Morgan fingerprint density at radius 3 is 2.51 bits per heavy atom. The summed E-state index contributed by atoms with van der Waals surface area (Å²) in [5, 5.41) is 11.2. The molecule has 2 aliphatic heterocycles. The van der Waals surface area contributed by atoms with Crippen LogP contribution in [0.4, 0.5) is 11.6 Å². The van der Waals surface area contributed by atoms with E-state index in [0.29, 0.717) is 47.8 Å². The molecule has 0 bridgehead atoms. The summed E-state index contributed by atoms with van der Waals surface area (Å²) in [7, 11) is 0. The number of nitrogens with one attached hydrogen (secondary N) is 2. The Morgan fingerprint density at radius 1 is 0.973 bits per heavy atom. The van der Waals surface area contributed by atoms with Crippen molar-refractivity contribution in [2.24, 2.45) is 0 Å². The number of amides is 1. The maximum absolute atomic E-state index is 13.8. The summed E-state index contributed by atoms with van der Waals surface area (Å²) >= 11 is 0. The average Bonchev–Trinajstić information content (AvgIpc) is 3.19. The summed E-state index contributed by atoms with van der Waals surface area (Å²) in [5.74, 6) is 2.30. The first-order valence-corrected chi connectivity index (χ1v) is 12.3. The minimum atomic E-state index is -0.524. The first-order chi connectivity index (χ1) is 18.1. The number of aryl methyl sites for hydroxylation is 1. The molecule has 0 spiro atoms.